The number of nitrogens with zero attached hydrogens (tertiary/aromatic N) is 4. The molecule has 5 nitrogen and oxygen atoms in total. The van der Waals surface area contributed by atoms with Crippen molar-refractivity contribution in [1.29, 1.82) is 0 Å². The topological polar surface area (TPSA) is 43.2 Å². The molecule has 0 spiro atoms. The largest absolute Gasteiger partial charge is 0.497 e. The Hall–Kier alpha value is -3.18. The summed E-state index contributed by atoms with van der Waals surface area (Å²) in [4.78, 5) is 11.8. The van der Waals surface area contributed by atoms with E-state index in [1.807, 2.05) is 42.9 Å². The number of fused-ring (bicyclic) bond motifs is 1. The van der Waals surface area contributed by atoms with Crippen LogP contribution in [0.1, 0.15) is 19.3 Å². The number of pyridine rings is 2. The minimum atomic E-state index is 0.846. The zero-order chi connectivity index (χ0) is 21.0. The number of aromatic nitrogens is 3. The first kappa shape index (κ1) is 19.8. The van der Waals surface area contributed by atoms with Crippen LogP contribution < -0.4 is 4.74 Å². The lowest BCUT2D eigenvalue weighted by atomic mass is 10.0. The molecule has 0 atom stereocenters. The molecule has 1 aliphatic rings. The normalized spacial score (nSPS) is 14.7. The molecule has 4 aromatic rings. The van der Waals surface area contributed by atoms with E-state index in [1.54, 1.807) is 7.11 Å². The Morgan fingerprint density at radius 2 is 1.77 bits per heavy atom. The van der Waals surface area contributed by atoms with Crippen LogP contribution in [0.2, 0.25) is 0 Å². The van der Waals surface area contributed by atoms with Crippen LogP contribution in [-0.2, 0) is 6.54 Å². The van der Waals surface area contributed by atoms with Crippen molar-refractivity contribution in [2.45, 2.75) is 25.8 Å². The minimum absolute atomic E-state index is 0.846. The number of hydrogen-bond donors (Lipinski definition) is 0. The molecule has 31 heavy (non-hydrogen) atoms. The van der Waals surface area contributed by atoms with Crippen LogP contribution in [0.15, 0.2) is 67.3 Å². The zero-order valence-corrected chi connectivity index (χ0v) is 18.0. The highest BCUT2D eigenvalue weighted by molar-refractivity contribution is 5.93. The molecular formula is C26H28N4O. The summed E-state index contributed by atoms with van der Waals surface area (Å²) in [6.07, 6.45) is 12.0. The van der Waals surface area contributed by atoms with Crippen LogP contribution in [0.3, 0.4) is 0 Å². The molecule has 0 unspecified atom stereocenters. The number of ether oxygens (including phenoxy) is 1. The van der Waals surface area contributed by atoms with Gasteiger partial charge in [0.1, 0.15) is 5.75 Å². The lowest BCUT2D eigenvalue weighted by Crippen LogP contribution is -2.32. The lowest BCUT2D eigenvalue weighted by Gasteiger charge is -2.26. The van der Waals surface area contributed by atoms with Crippen molar-refractivity contribution < 1.29 is 4.74 Å². The lowest BCUT2D eigenvalue weighted by molar-refractivity contribution is 0.222. The Bertz CT molecular complexity index is 1180. The van der Waals surface area contributed by atoms with Gasteiger partial charge in [-0.05, 0) is 61.8 Å². The molecule has 5 rings (SSSR count). The zero-order valence-electron chi connectivity index (χ0n) is 18.0. The molecule has 1 fully saturated rings. The summed E-state index contributed by atoms with van der Waals surface area (Å²) < 4.78 is 7.74. The molecule has 1 aliphatic heterocycles. The molecule has 1 aromatic carbocycles. The van der Waals surface area contributed by atoms with Crippen LogP contribution >= 0.6 is 0 Å². The third-order valence-corrected chi connectivity index (χ3v) is 6.19. The summed E-state index contributed by atoms with van der Waals surface area (Å²) in [6.45, 7) is 4.50. The monoisotopic (exact) mass is 412 g/mol. The van der Waals surface area contributed by atoms with Gasteiger partial charge in [-0.3, -0.25) is 9.97 Å². The van der Waals surface area contributed by atoms with E-state index in [0.29, 0.717) is 0 Å². The van der Waals surface area contributed by atoms with E-state index >= 15 is 0 Å². The number of likely N-dealkylation sites (tertiary alicyclic amines) is 1. The molecule has 158 valence electrons. The highest BCUT2D eigenvalue weighted by Crippen LogP contribution is 2.32. The summed E-state index contributed by atoms with van der Waals surface area (Å²) in [5.74, 6) is 0.846. The van der Waals surface area contributed by atoms with Gasteiger partial charge in [0.15, 0.2) is 0 Å². The molecular weight excluding hydrogens is 384 g/mol. The van der Waals surface area contributed by atoms with Crippen molar-refractivity contribution in [1.82, 2.24) is 19.4 Å². The van der Waals surface area contributed by atoms with Crippen LogP contribution in [0, 0.1) is 0 Å². The highest BCUT2D eigenvalue weighted by Gasteiger charge is 2.15. The number of hydrogen-bond acceptors (Lipinski definition) is 4. The van der Waals surface area contributed by atoms with Gasteiger partial charge in [0, 0.05) is 54.6 Å². The van der Waals surface area contributed by atoms with E-state index in [0.717, 1.165) is 46.6 Å². The van der Waals surface area contributed by atoms with E-state index in [2.05, 4.69) is 38.8 Å². The van der Waals surface area contributed by atoms with Crippen molar-refractivity contribution in [3.8, 4) is 28.0 Å². The number of piperidine rings is 1. The Balaban J connectivity index is 1.48. The number of methoxy groups -OCH3 is 1. The molecule has 5 heteroatoms. The van der Waals surface area contributed by atoms with E-state index in [-0.39, 0.29) is 0 Å². The first-order chi connectivity index (χ1) is 15.3. The second kappa shape index (κ2) is 8.90. The molecule has 0 bridgehead atoms. The predicted molar refractivity (Wildman–Crippen MR) is 125 cm³/mol. The number of benzene rings is 1. The van der Waals surface area contributed by atoms with E-state index < -0.39 is 0 Å². The van der Waals surface area contributed by atoms with Gasteiger partial charge in [0.25, 0.3) is 0 Å². The fourth-order valence-corrected chi connectivity index (χ4v) is 4.50. The van der Waals surface area contributed by atoms with Gasteiger partial charge in [-0.1, -0.05) is 18.6 Å². The minimum Gasteiger partial charge on any atom is -0.497 e. The quantitative estimate of drug-likeness (QED) is 0.433. The maximum atomic E-state index is 5.39. The van der Waals surface area contributed by atoms with Crippen LogP contribution in [0.25, 0.3) is 33.3 Å². The van der Waals surface area contributed by atoms with Crippen molar-refractivity contribution >= 4 is 11.0 Å². The van der Waals surface area contributed by atoms with Crippen LogP contribution in [0.4, 0.5) is 0 Å². The molecule has 0 N–H and O–H groups in total. The van der Waals surface area contributed by atoms with E-state index in [1.165, 1.54) is 37.9 Å². The van der Waals surface area contributed by atoms with Crippen molar-refractivity contribution in [3.63, 3.8) is 0 Å². The predicted octanol–water partition coefficient (Wildman–Crippen LogP) is 5.26. The molecule has 0 amide bonds. The second-order valence-corrected chi connectivity index (χ2v) is 8.20. The maximum absolute atomic E-state index is 5.39. The van der Waals surface area contributed by atoms with Gasteiger partial charge >= 0.3 is 0 Å². The Morgan fingerprint density at radius 3 is 2.65 bits per heavy atom. The highest BCUT2D eigenvalue weighted by atomic mass is 16.5. The van der Waals surface area contributed by atoms with Gasteiger partial charge in [0.05, 0.1) is 18.1 Å². The average Bonchev–Trinajstić information content (AvgIpc) is 3.22. The first-order valence-corrected chi connectivity index (χ1v) is 11.1. The molecule has 1 saturated heterocycles. The van der Waals surface area contributed by atoms with Gasteiger partial charge in [-0.2, -0.15) is 0 Å². The third kappa shape index (κ3) is 4.19. The molecule has 0 radical (unpaired) electrons. The van der Waals surface area contributed by atoms with E-state index in [9.17, 15) is 0 Å². The van der Waals surface area contributed by atoms with Crippen LogP contribution in [-0.4, -0.2) is 46.2 Å². The van der Waals surface area contributed by atoms with Gasteiger partial charge in [-0.15, -0.1) is 0 Å². The summed E-state index contributed by atoms with van der Waals surface area (Å²) in [5.41, 5.74) is 6.59. The molecule has 0 saturated carbocycles. The molecule has 4 heterocycles. The van der Waals surface area contributed by atoms with Crippen molar-refractivity contribution in [2.24, 2.45) is 0 Å². The van der Waals surface area contributed by atoms with Gasteiger partial charge < -0.3 is 14.2 Å². The SMILES string of the molecule is COc1cccc(-c2cncc(-c3cn(CCN4CCCCC4)c4cccnc34)c2)c1. The Labute approximate surface area is 183 Å². The summed E-state index contributed by atoms with van der Waals surface area (Å²) >= 11 is 0. The smallest absolute Gasteiger partial charge is 0.119 e. The van der Waals surface area contributed by atoms with Crippen molar-refractivity contribution in [2.75, 3.05) is 26.7 Å². The van der Waals surface area contributed by atoms with Gasteiger partial charge in [-0.25, -0.2) is 0 Å². The second-order valence-electron chi connectivity index (χ2n) is 8.20. The summed E-state index contributed by atoms with van der Waals surface area (Å²) in [6, 6.07) is 14.5. The Morgan fingerprint density at radius 1 is 0.903 bits per heavy atom. The Kier molecular flexibility index (Phi) is 5.67. The maximum Gasteiger partial charge on any atom is 0.119 e. The van der Waals surface area contributed by atoms with Gasteiger partial charge in [0.2, 0.25) is 0 Å². The fourth-order valence-electron chi connectivity index (χ4n) is 4.50. The summed E-state index contributed by atoms with van der Waals surface area (Å²) in [5, 5.41) is 0. The molecule has 0 aliphatic carbocycles. The first-order valence-electron chi connectivity index (χ1n) is 11.1. The number of rotatable bonds is 6. The standard InChI is InChI=1S/C26H28N4O/c1-31-23-8-5-7-20(16-23)21-15-22(18-27-17-21)24-19-30(25-9-6-10-28-26(24)25)14-13-29-11-3-2-4-12-29/h5-10,15-19H,2-4,11-14H2,1H3. The average molecular weight is 413 g/mol. The summed E-state index contributed by atoms with van der Waals surface area (Å²) in [7, 11) is 1.69. The van der Waals surface area contributed by atoms with Crippen molar-refractivity contribution in [3.05, 3.63) is 67.3 Å². The molecule has 3 aromatic heterocycles. The van der Waals surface area contributed by atoms with Crippen LogP contribution in [0.5, 0.6) is 5.75 Å². The fraction of sp³-hybridized carbons (Fsp3) is 0.308. The van der Waals surface area contributed by atoms with E-state index in [4.69, 9.17) is 9.72 Å². The third-order valence-electron chi connectivity index (χ3n) is 6.19.